The van der Waals surface area contributed by atoms with Gasteiger partial charge >= 0.3 is 5.97 Å². The molecular weight excluding hydrogens is 452 g/mol. The van der Waals surface area contributed by atoms with E-state index in [2.05, 4.69) is 27.7 Å². The second-order valence-corrected chi connectivity index (χ2v) is 11.2. The quantitative estimate of drug-likeness (QED) is 0.392. The van der Waals surface area contributed by atoms with Gasteiger partial charge in [0, 0.05) is 10.9 Å². The number of furan rings is 1. The fourth-order valence-electron chi connectivity index (χ4n) is 5.90. The van der Waals surface area contributed by atoms with E-state index < -0.39 is 5.66 Å². The molecule has 1 unspecified atom stereocenters. The van der Waals surface area contributed by atoms with Crippen LogP contribution in [0.15, 0.2) is 64.2 Å². The molecule has 1 aliphatic carbocycles. The van der Waals surface area contributed by atoms with Gasteiger partial charge in [0.1, 0.15) is 17.0 Å². The van der Waals surface area contributed by atoms with Crippen LogP contribution >= 0.6 is 0 Å². The monoisotopic (exact) mass is 486 g/mol. The van der Waals surface area contributed by atoms with Crippen molar-refractivity contribution in [3.05, 3.63) is 71.5 Å². The van der Waals surface area contributed by atoms with Gasteiger partial charge < -0.3 is 14.1 Å². The minimum absolute atomic E-state index is 0.0559. The fourth-order valence-corrected chi connectivity index (χ4v) is 5.90. The van der Waals surface area contributed by atoms with Gasteiger partial charge in [-0.15, -0.1) is 0 Å². The Morgan fingerprint density at radius 1 is 1.11 bits per heavy atom. The second kappa shape index (κ2) is 8.91. The Bertz CT molecular complexity index is 1320. The highest BCUT2D eigenvalue weighted by Crippen LogP contribution is 2.49. The van der Waals surface area contributed by atoms with Gasteiger partial charge in [-0.2, -0.15) is 0 Å². The molecule has 1 spiro atoms. The molecule has 5 rings (SSSR count). The summed E-state index contributed by atoms with van der Waals surface area (Å²) in [5, 5.41) is 1.00. The molecule has 1 saturated carbocycles. The highest BCUT2D eigenvalue weighted by Gasteiger charge is 2.52. The molecule has 0 saturated heterocycles. The van der Waals surface area contributed by atoms with Crippen molar-refractivity contribution >= 4 is 28.6 Å². The number of hydrogen-bond donors (Lipinski definition) is 0. The number of nitrogens with zero attached hydrogens (tertiary/aromatic N) is 2. The van der Waals surface area contributed by atoms with Gasteiger partial charge in [0.15, 0.2) is 0 Å². The first-order valence-electron chi connectivity index (χ1n) is 12.7. The van der Waals surface area contributed by atoms with Crippen molar-refractivity contribution in [1.82, 2.24) is 4.90 Å². The molecule has 3 aromatic rings. The van der Waals surface area contributed by atoms with Gasteiger partial charge in [0.2, 0.25) is 0 Å². The highest BCUT2D eigenvalue weighted by molar-refractivity contribution is 6.47. The summed E-state index contributed by atoms with van der Waals surface area (Å²) in [5.41, 5.74) is 3.14. The van der Waals surface area contributed by atoms with Crippen molar-refractivity contribution in [2.24, 2.45) is 16.3 Å². The summed E-state index contributed by atoms with van der Waals surface area (Å²) < 4.78 is 10.4. The SMILES string of the molecule is COC(=O)c1ccc(C(C)N2C(=O)C(c3ccc4ccoc4c3)=NC23CCC(C(C)(C)C)CC3)cc1. The number of ether oxygens (including phenoxy) is 1. The molecule has 36 heavy (non-hydrogen) atoms. The lowest BCUT2D eigenvalue weighted by atomic mass is 9.69. The molecule has 2 heterocycles. The van der Waals surface area contributed by atoms with Crippen molar-refractivity contribution in [3.63, 3.8) is 0 Å². The molecule has 1 atom stereocenters. The van der Waals surface area contributed by atoms with Crippen LogP contribution in [-0.4, -0.2) is 35.3 Å². The van der Waals surface area contributed by atoms with Gasteiger partial charge in [-0.1, -0.05) is 45.0 Å². The van der Waals surface area contributed by atoms with E-state index in [0.717, 1.165) is 47.8 Å². The maximum Gasteiger partial charge on any atom is 0.337 e. The number of benzene rings is 2. The van der Waals surface area contributed by atoms with E-state index in [0.29, 0.717) is 17.2 Å². The minimum atomic E-state index is -0.577. The predicted octanol–water partition coefficient (Wildman–Crippen LogP) is 6.54. The number of aliphatic imine (C=N–C) groups is 1. The number of fused-ring (bicyclic) bond motifs is 1. The Labute approximate surface area is 212 Å². The van der Waals surface area contributed by atoms with Crippen LogP contribution in [0.5, 0.6) is 0 Å². The Hall–Kier alpha value is -3.41. The van der Waals surface area contributed by atoms with Gasteiger partial charge in [0.25, 0.3) is 5.91 Å². The van der Waals surface area contributed by atoms with Crippen LogP contribution in [0.2, 0.25) is 0 Å². The number of amides is 1. The normalized spacial score (nSPS) is 23.2. The van der Waals surface area contributed by atoms with Crippen molar-refractivity contribution < 1.29 is 18.7 Å². The van der Waals surface area contributed by atoms with E-state index in [1.165, 1.54) is 7.11 Å². The molecule has 6 heteroatoms. The number of hydrogen-bond acceptors (Lipinski definition) is 5. The van der Waals surface area contributed by atoms with Crippen molar-refractivity contribution in [1.29, 1.82) is 0 Å². The summed E-state index contributed by atoms with van der Waals surface area (Å²) in [5.74, 6) is 0.162. The number of esters is 1. The van der Waals surface area contributed by atoms with Gasteiger partial charge in [-0.3, -0.25) is 9.79 Å². The zero-order valence-corrected chi connectivity index (χ0v) is 21.7. The Kier molecular flexibility index (Phi) is 6.01. The van der Waals surface area contributed by atoms with Crippen LogP contribution in [0.3, 0.4) is 0 Å². The van der Waals surface area contributed by atoms with E-state index in [4.69, 9.17) is 14.1 Å². The molecule has 188 valence electrons. The average molecular weight is 487 g/mol. The summed E-state index contributed by atoms with van der Waals surface area (Å²) in [4.78, 5) is 33.2. The lowest BCUT2D eigenvalue weighted by molar-refractivity contribution is -0.132. The molecule has 6 nitrogen and oxygen atoms in total. The molecule has 2 aromatic carbocycles. The third-order valence-electron chi connectivity index (χ3n) is 8.13. The van der Waals surface area contributed by atoms with Gasteiger partial charge in [-0.25, -0.2) is 4.79 Å². The standard InChI is InChI=1S/C30H34N2O4/c1-19(20-6-9-22(10-7-20)28(34)35-5)32-27(33)26(23-11-8-21-14-17-36-25(21)18-23)31-30(32)15-12-24(13-16-30)29(2,3)4/h6-11,14,17-19,24H,12-13,15-16H2,1-5H3. The first-order chi connectivity index (χ1) is 17.1. The van der Waals surface area contributed by atoms with Crippen LogP contribution in [-0.2, 0) is 9.53 Å². The Morgan fingerprint density at radius 3 is 2.44 bits per heavy atom. The summed E-state index contributed by atoms with van der Waals surface area (Å²) in [6.45, 7) is 8.95. The van der Waals surface area contributed by atoms with Gasteiger partial charge in [0.05, 0.1) is 25.0 Å². The zero-order chi connectivity index (χ0) is 25.7. The average Bonchev–Trinajstić information content (AvgIpc) is 3.44. The Balaban J connectivity index is 1.52. The second-order valence-electron chi connectivity index (χ2n) is 11.2. The summed E-state index contributed by atoms with van der Waals surface area (Å²) in [6.07, 6.45) is 5.37. The lowest BCUT2D eigenvalue weighted by Gasteiger charge is -2.46. The Morgan fingerprint density at radius 2 is 1.81 bits per heavy atom. The van der Waals surface area contributed by atoms with Crippen LogP contribution in [0.4, 0.5) is 0 Å². The fraction of sp³-hybridized carbons (Fsp3) is 0.433. The number of methoxy groups -OCH3 is 1. The maximum atomic E-state index is 14.1. The van der Waals surface area contributed by atoms with E-state index in [1.807, 2.05) is 41.3 Å². The molecular formula is C30H34N2O4. The van der Waals surface area contributed by atoms with E-state index >= 15 is 0 Å². The summed E-state index contributed by atoms with van der Waals surface area (Å²) >= 11 is 0. The first-order valence-corrected chi connectivity index (χ1v) is 12.7. The molecule has 0 radical (unpaired) electrons. The molecule has 0 bridgehead atoms. The smallest absolute Gasteiger partial charge is 0.337 e. The highest BCUT2D eigenvalue weighted by atomic mass is 16.5. The zero-order valence-electron chi connectivity index (χ0n) is 21.7. The largest absolute Gasteiger partial charge is 0.465 e. The third-order valence-corrected chi connectivity index (χ3v) is 8.13. The summed E-state index contributed by atoms with van der Waals surface area (Å²) in [6, 6.07) is 14.9. The first kappa shape index (κ1) is 24.3. The molecule has 1 aromatic heterocycles. The van der Waals surface area contributed by atoms with Crippen molar-refractivity contribution in [2.45, 2.75) is 65.1 Å². The number of carbonyl (C=O) groups is 2. The van der Waals surface area contributed by atoms with E-state index in [9.17, 15) is 9.59 Å². The summed E-state index contributed by atoms with van der Waals surface area (Å²) in [7, 11) is 1.37. The van der Waals surface area contributed by atoms with Crippen LogP contribution in [0.1, 0.15) is 80.9 Å². The van der Waals surface area contributed by atoms with Crippen LogP contribution in [0.25, 0.3) is 11.0 Å². The van der Waals surface area contributed by atoms with E-state index in [-0.39, 0.29) is 23.3 Å². The van der Waals surface area contributed by atoms with Crippen molar-refractivity contribution in [3.8, 4) is 0 Å². The maximum absolute atomic E-state index is 14.1. The van der Waals surface area contributed by atoms with Crippen LogP contribution in [0, 0.1) is 11.3 Å². The molecule has 2 aliphatic rings. The number of rotatable bonds is 4. The molecule has 1 fully saturated rings. The van der Waals surface area contributed by atoms with Crippen LogP contribution < -0.4 is 0 Å². The van der Waals surface area contributed by atoms with Gasteiger partial charge in [-0.05, 0) is 73.8 Å². The minimum Gasteiger partial charge on any atom is -0.465 e. The predicted molar refractivity (Wildman–Crippen MR) is 140 cm³/mol. The molecule has 1 amide bonds. The van der Waals surface area contributed by atoms with Crippen molar-refractivity contribution in [2.75, 3.05) is 7.11 Å². The topological polar surface area (TPSA) is 72.1 Å². The molecule has 1 aliphatic heterocycles. The number of carbonyl (C=O) groups excluding carboxylic acids is 2. The third kappa shape index (κ3) is 4.12. The van der Waals surface area contributed by atoms with E-state index in [1.54, 1.807) is 18.4 Å². The lowest BCUT2D eigenvalue weighted by Crippen LogP contribution is -2.50. The molecule has 0 N–H and O–H groups in total.